The van der Waals surface area contributed by atoms with Gasteiger partial charge >= 0.3 is 12.0 Å². The number of hydrogen-bond donors (Lipinski definition) is 3. The molecule has 0 fully saturated rings. The van der Waals surface area contributed by atoms with Crippen molar-refractivity contribution in [3.8, 4) is 0 Å². The fraction of sp³-hybridized carbons (Fsp3) is 0.571. The number of carboxylic acid groups (broad SMARTS) is 1. The smallest absolute Gasteiger partial charge is 0.315 e. The maximum absolute atomic E-state index is 11.7. The fourth-order valence-electron chi connectivity index (χ4n) is 1.76. The Morgan fingerprint density at radius 1 is 1.29 bits per heavy atom. The van der Waals surface area contributed by atoms with Crippen LogP contribution in [-0.2, 0) is 11.3 Å². The molecule has 0 saturated carbocycles. The second kappa shape index (κ2) is 8.38. The second-order valence-corrected chi connectivity index (χ2v) is 8.17. The SMILES string of the molecule is CC(C)(CCNC(=O)NCc1ccc(Br)s1)CCC(=O)O. The average molecular weight is 377 g/mol. The number of hydrogen-bond acceptors (Lipinski definition) is 3. The molecule has 7 heteroatoms. The van der Waals surface area contributed by atoms with Crippen molar-refractivity contribution in [1.29, 1.82) is 0 Å². The molecule has 118 valence electrons. The summed E-state index contributed by atoms with van der Waals surface area (Å²) in [5.74, 6) is -0.782. The van der Waals surface area contributed by atoms with Gasteiger partial charge in [-0.3, -0.25) is 4.79 Å². The summed E-state index contributed by atoms with van der Waals surface area (Å²) < 4.78 is 1.04. The third kappa shape index (κ3) is 8.06. The number of rotatable bonds is 8. The summed E-state index contributed by atoms with van der Waals surface area (Å²) in [6, 6.07) is 3.71. The predicted molar refractivity (Wildman–Crippen MR) is 87.5 cm³/mol. The van der Waals surface area contributed by atoms with Gasteiger partial charge in [-0.25, -0.2) is 4.79 Å². The maximum Gasteiger partial charge on any atom is 0.315 e. The number of halogens is 1. The third-order valence-corrected chi connectivity index (χ3v) is 4.78. The lowest BCUT2D eigenvalue weighted by Crippen LogP contribution is -2.36. The Balaban J connectivity index is 2.19. The van der Waals surface area contributed by atoms with Gasteiger partial charge in [-0.05, 0) is 46.3 Å². The van der Waals surface area contributed by atoms with Gasteiger partial charge in [0.2, 0.25) is 0 Å². The quantitative estimate of drug-likeness (QED) is 0.648. The third-order valence-electron chi connectivity index (χ3n) is 3.16. The summed E-state index contributed by atoms with van der Waals surface area (Å²) in [5, 5.41) is 14.3. The lowest BCUT2D eigenvalue weighted by Gasteiger charge is -2.23. The molecule has 0 aliphatic carbocycles. The van der Waals surface area contributed by atoms with Gasteiger partial charge in [0.15, 0.2) is 0 Å². The van der Waals surface area contributed by atoms with E-state index in [4.69, 9.17) is 5.11 Å². The molecule has 2 amide bonds. The number of amides is 2. The van der Waals surface area contributed by atoms with E-state index in [1.165, 1.54) is 0 Å². The first-order valence-electron chi connectivity index (χ1n) is 6.76. The summed E-state index contributed by atoms with van der Waals surface area (Å²) >= 11 is 4.96. The molecule has 1 aromatic rings. The highest BCUT2D eigenvalue weighted by atomic mass is 79.9. The molecule has 0 aromatic carbocycles. The van der Waals surface area contributed by atoms with Crippen LogP contribution in [0.15, 0.2) is 15.9 Å². The van der Waals surface area contributed by atoms with Crippen LogP contribution < -0.4 is 10.6 Å². The van der Waals surface area contributed by atoms with Gasteiger partial charge in [-0.1, -0.05) is 13.8 Å². The van der Waals surface area contributed by atoms with Crippen molar-refractivity contribution in [2.45, 2.75) is 39.7 Å². The van der Waals surface area contributed by atoms with E-state index in [0.717, 1.165) is 15.1 Å². The van der Waals surface area contributed by atoms with Crippen LogP contribution in [0.4, 0.5) is 4.79 Å². The molecule has 0 atom stereocenters. The Morgan fingerprint density at radius 2 is 2.00 bits per heavy atom. The molecule has 0 unspecified atom stereocenters. The van der Waals surface area contributed by atoms with Crippen LogP contribution in [0.1, 0.15) is 38.0 Å². The zero-order valence-electron chi connectivity index (χ0n) is 12.2. The molecule has 0 bridgehead atoms. The van der Waals surface area contributed by atoms with Crippen molar-refractivity contribution >= 4 is 39.3 Å². The van der Waals surface area contributed by atoms with Crippen LogP contribution in [0.5, 0.6) is 0 Å². The van der Waals surface area contributed by atoms with E-state index < -0.39 is 5.97 Å². The molecule has 1 aromatic heterocycles. The molecule has 21 heavy (non-hydrogen) atoms. The van der Waals surface area contributed by atoms with E-state index in [0.29, 0.717) is 19.5 Å². The van der Waals surface area contributed by atoms with Crippen molar-refractivity contribution in [1.82, 2.24) is 10.6 Å². The van der Waals surface area contributed by atoms with Gasteiger partial charge < -0.3 is 15.7 Å². The molecule has 0 saturated heterocycles. The van der Waals surface area contributed by atoms with Gasteiger partial charge in [0.1, 0.15) is 0 Å². The normalized spacial score (nSPS) is 11.2. The lowest BCUT2D eigenvalue weighted by atomic mass is 9.84. The summed E-state index contributed by atoms with van der Waals surface area (Å²) in [6.07, 6.45) is 1.51. The number of urea groups is 1. The number of thiophene rings is 1. The molecule has 3 N–H and O–H groups in total. The van der Waals surface area contributed by atoms with Crippen molar-refractivity contribution in [3.63, 3.8) is 0 Å². The molecular formula is C14H21BrN2O3S. The van der Waals surface area contributed by atoms with Gasteiger partial charge in [-0.2, -0.15) is 0 Å². The molecule has 5 nitrogen and oxygen atoms in total. The first kappa shape index (κ1) is 18.0. The molecule has 0 spiro atoms. The zero-order valence-corrected chi connectivity index (χ0v) is 14.6. The first-order valence-corrected chi connectivity index (χ1v) is 8.37. The molecule has 1 heterocycles. The van der Waals surface area contributed by atoms with Crippen molar-refractivity contribution in [3.05, 3.63) is 20.8 Å². The standard InChI is InChI=1S/C14H21BrN2O3S/c1-14(2,6-5-12(18)19)7-8-16-13(20)17-9-10-3-4-11(15)21-10/h3-4H,5-9H2,1-2H3,(H,18,19)(H2,16,17,20). The number of aliphatic carboxylic acids is 1. The summed E-state index contributed by atoms with van der Waals surface area (Å²) in [6.45, 7) is 5.06. The van der Waals surface area contributed by atoms with E-state index in [1.54, 1.807) is 11.3 Å². The van der Waals surface area contributed by atoms with Crippen molar-refractivity contribution in [2.75, 3.05) is 6.54 Å². The Hall–Kier alpha value is -1.08. The maximum atomic E-state index is 11.7. The Kier molecular flexibility index (Phi) is 7.17. The van der Waals surface area contributed by atoms with E-state index in [1.807, 2.05) is 26.0 Å². The molecular weight excluding hydrogens is 356 g/mol. The highest BCUT2D eigenvalue weighted by Crippen LogP contribution is 2.26. The minimum atomic E-state index is -0.782. The fourth-order valence-corrected chi connectivity index (χ4v) is 3.18. The van der Waals surface area contributed by atoms with Crippen molar-refractivity contribution in [2.24, 2.45) is 5.41 Å². The topological polar surface area (TPSA) is 78.4 Å². The Morgan fingerprint density at radius 3 is 2.57 bits per heavy atom. The van der Waals surface area contributed by atoms with Crippen LogP contribution in [0.25, 0.3) is 0 Å². The monoisotopic (exact) mass is 376 g/mol. The molecule has 0 aliphatic rings. The second-order valence-electron chi connectivity index (χ2n) is 5.62. The summed E-state index contributed by atoms with van der Waals surface area (Å²) in [5.41, 5.74) is -0.0930. The molecule has 0 radical (unpaired) electrons. The largest absolute Gasteiger partial charge is 0.481 e. The van der Waals surface area contributed by atoms with Crippen LogP contribution >= 0.6 is 27.3 Å². The van der Waals surface area contributed by atoms with Crippen LogP contribution in [0.2, 0.25) is 0 Å². The van der Waals surface area contributed by atoms with Gasteiger partial charge in [-0.15, -0.1) is 11.3 Å². The van der Waals surface area contributed by atoms with E-state index >= 15 is 0 Å². The minimum absolute atomic E-state index is 0.0930. The van der Waals surface area contributed by atoms with Gasteiger partial charge in [0, 0.05) is 17.8 Å². The molecule has 1 rings (SSSR count). The van der Waals surface area contributed by atoms with Crippen molar-refractivity contribution < 1.29 is 14.7 Å². The van der Waals surface area contributed by atoms with Crippen LogP contribution in [0.3, 0.4) is 0 Å². The van der Waals surface area contributed by atoms with Crippen LogP contribution in [-0.4, -0.2) is 23.7 Å². The van der Waals surface area contributed by atoms with E-state index in [9.17, 15) is 9.59 Å². The number of carboxylic acids is 1. The van der Waals surface area contributed by atoms with Crippen LogP contribution in [0, 0.1) is 5.41 Å². The first-order chi connectivity index (χ1) is 9.78. The molecule has 0 aliphatic heterocycles. The zero-order chi connectivity index (χ0) is 15.9. The van der Waals surface area contributed by atoms with E-state index in [2.05, 4.69) is 26.6 Å². The summed E-state index contributed by atoms with van der Waals surface area (Å²) in [7, 11) is 0. The predicted octanol–water partition coefficient (Wildman–Crippen LogP) is 3.59. The highest BCUT2D eigenvalue weighted by Gasteiger charge is 2.19. The Labute approximate surface area is 137 Å². The average Bonchev–Trinajstić information content (AvgIpc) is 2.80. The van der Waals surface area contributed by atoms with E-state index in [-0.39, 0.29) is 17.9 Å². The minimum Gasteiger partial charge on any atom is -0.481 e. The van der Waals surface area contributed by atoms with Gasteiger partial charge in [0.05, 0.1) is 10.3 Å². The summed E-state index contributed by atoms with van der Waals surface area (Å²) in [4.78, 5) is 23.3. The lowest BCUT2D eigenvalue weighted by molar-refractivity contribution is -0.137. The highest BCUT2D eigenvalue weighted by molar-refractivity contribution is 9.11. The number of carbonyl (C=O) groups excluding carboxylic acids is 1. The number of nitrogens with one attached hydrogen (secondary N) is 2. The Bertz CT molecular complexity index is 488. The van der Waals surface area contributed by atoms with Gasteiger partial charge in [0.25, 0.3) is 0 Å². The number of carbonyl (C=O) groups is 2.